The first-order valence-electron chi connectivity index (χ1n) is 7.33. The summed E-state index contributed by atoms with van der Waals surface area (Å²) in [5.41, 5.74) is 0.537. The average molecular weight is 323 g/mol. The average Bonchev–Trinajstić information content (AvgIpc) is 2.80. The second-order valence-electron chi connectivity index (χ2n) is 5.76. The van der Waals surface area contributed by atoms with Gasteiger partial charge in [0.15, 0.2) is 0 Å². The Balaban J connectivity index is 1.85. The number of halogens is 1. The standard InChI is InChI=1S/C18H14FN3O2/c1-18(14-6-8-15(19)9-7-14)16(23)22(17(24)21-18)11-13-4-2-12(10-20)3-5-13/h2-9H,11H2,1H3,(H,21,24)/t18-/m1/s1. The number of imide groups is 1. The Bertz CT molecular complexity index is 840. The van der Waals surface area contributed by atoms with Crippen LogP contribution >= 0.6 is 0 Å². The molecule has 0 radical (unpaired) electrons. The molecule has 1 fully saturated rings. The van der Waals surface area contributed by atoms with Crippen molar-refractivity contribution in [3.05, 3.63) is 71.0 Å². The Morgan fingerprint density at radius 3 is 2.33 bits per heavy atom. The van der Waals surface area contributed by atoms with Crippen molar-refractivity contribution >= 4 is 11.9 Å². The van der Waals surface area contributed by atoms with E-state index in [4.69, 9.17) is 5.26 Å². The van der Waals surface area contributed by atoms with Gasteiger partial charge in [-0.15, -0.1) is 0 Å². The van der Waals surface area contributed by atoms with Crippen molar-refractivity contribution in [2.24, 2.45) is 0 Å². The van der Waals surface area contributed by atoms with Crippen molar-refractivity contribution in [3.8, 4) is 6.07 Å². The number of carbonyl (C=O) groups is 2. The van der Waals surface area contributed by atoms with Crippen LogP contribution in [-0.4, -0.2) is 16.8 Å². The molecule has 1 N–H and O–H groups in total. The molecular formula is C18H14FN3O2. The summed E-state index contributed by atoms with van der Waals surface area (Å²) < 4.78 is 13.1. The van der Waals surface area contributed by atoms with Crippen LogP contribution in [-0.2, 0) is 16.9 Å². The molecule has 0 spiro atoms. The van der Waals surface area contributed by atoms with Crippen LogP contribution in [0.25, 0.3) is 0 Å². The van der Waals surface area contributed by atoms with Crippen molar-refractivity contribution in [1.29, 1.82) is 5.26 Å². The molecule has 0 aromatic heterocycles. The molecule has 3 amide bonds. The second kappa shape index (κ2) is 5.78. The molecule has 0 aliphatic carbocycles. The van der Waals surface area contributed by atoms with Crippen LogP contribution in [0.3, 0.4) is 0 Å². The lowest BCUT2D eigenvalue weighted by Crippen LogP contribution is -2.40. The van der Waals surface area contributed by atoms with Gasteiger partial charge in [-0.05, 0) is 42.3 Å². The first kappa shape index (κ1) is 15.7. The minimum atomic E-state index is -1.22. The lowest BCUT2D eigenvalue weighted by Gasteiger charge is -2.22. The SMILES string of the molecule is C[C@]1(c2ccc(F)cc2)NC(=O)N(Cc2ccc(C#N)cc2)C1=O. The molecule has 2 aromatic rings. The highest BCUT2D eigenvalue weighted by atomic mass is 19.1. The fourth-order valence-corrected chi connectivity index (χ4v) is 2.69. The van der Waals surface area contributed by atoms with Gasteiger partial charge in [-0.25, -0.2) is 9.18 Å². The first-order valence-corrected chi connectivity index (χ1v) is 7.33. The van der Waals surface area contributed by atoms with Crippen LogP contribution in [0.15, 0.2) is 48.5 Å². The number of hydrogen-bond donors (Lipinski definition) is 1. The van der Waals surface area contributed by atoms with Crippen LogP contribution in [0.1, 0.15) is 23.6 Å². The molecular weight excluding hydrogens is 309 g/mol. The smallest absolute Gasteiger partial charge is 0.319 e. The summed E-state index contributed by atoms with van der Waals surface area (Å²) in [5, 5.41) is 11.5. The maximum Gasteiger partial charge on any atom is 0.325 e. The molecule has 0 saturated carbocycles. The zero-order valence-electron chi connectivity index (χ0n) is 12.9. The molecule has 6 heteroatoms. The van der Waals surface area contributed by atoms with Crippen LogP contribution in [0.5, 0.6) is 0 Å². The van der Waals surface area contributed by atoms with Gasteiger partial charge < -0.3 is 5.32 Å². The van der Waals surface area contributed by atoms with Gasteiger partial charge in [0.2, 0.25) is 0 Å². The van der Waals surface area contributed by atoms with Gasteiger partial charge in [-0.3, -0.25) is 9.69 Å². The summed E-state index contributed by atoms with van der Waals surface area (Å²) in [6.07, 6.45) is 0. The van der Waals surface area contributed by atoms with Gasteiger partial charge in [0.05, 0.1) is 18.2 Å². The summed E-state index contributed by atoms with van der Waals surface area (Å²) in [6.45, 7) is 1.70. The fourth-order valence-electron chi connectivity index (χ4n) is 2.69. The molecule has 0 bridgehead atoms. The van der Waals surface area contributed by atoms with Gasteiger partial charge in [0.1, 0.15) is 11.4 Å². The normalized spacial score (nSPS) is 20.0. The highest BCUT2D eigenvalue weighted by Gasteiger charge is 2.48. The van der Waals surface area contributed by atoms with Gasteiger partial charge in [0, 0.05) is 0 Å². The molecule has 1 aliphatic rings. The van der Waals surface area contributed by atoms with Gasteiger partial charge in [-0.2, -0.15) is 5.26 Å². The number of nitrogens with one attached hydrogen (secondary N) is 1. The fraction of sp³-hybridized carbons (Fsp3) is 0.167. The van der Waals surface area contributed by atoms with Crippen molar-refractivity contribution in [1.82, 2.24) is 10.2 Å². The van der Waals surface area contributed by atoms with E-state index < -0.39 is 23.3 Å². The van der Waals surface area contributed by atoms with E-state index in [1.54, 1.807) is 31.2 Å². The molecule has 1 aliphatic heterocycles. The summed E-state index contributed by atoms with van der Waals surface area (Å²) in [4.78, 5) is 26.1. The van der Waals surface area contributed by atoms with E-state index >= 15 is 0 Å². The number of nitrogens with zero attached hydrogens (tertiary/aromatic N) is 2. The zero-order valence-corrected chi connectivity index (χ0v) is 12.9. The van der Waals surface area contributed by atoms with Crippen molar-refractivity contribution < 1.29 is 14.0 Å². The third-order valence-electron chi connectivity index (χ3n) is 4.12. The highest BCUT2D eigenvalue weighted by Crippen LogP contribution is 2.29. The maximum atomic E-state index is 13.1. The Kier molecular flexibility index (Phi) is 3.78. The van der Waals surface area contributed by atoms with E-state index in [1.165, 1.54) is 24.3 Å². The Morgan fingerprint density at radius 1 is 1.12 bits per heavy atom. The third-order valence-corrected chi connectivity index (χ3v) is 4.12. The van der Waals surface area contributed by atoms with E-state index in [0.717, 1.165) is 10.5 Å². The van der Waals surface area contributed by atoms with E-state index in [9.17, 15) is 14.0 Å². The number of rotatable bonds is 3. The lowest BCUT2D eigenvalue weighted by molar-refractivity contribution is -0.131. The van der Waals surface area contributed by atoms with E-state index in [2.05, 4.69) is 5.32 Å². The predicted molar refractivity (Wildman–Crippen MR) is 84.0 cm³/mol. The molecule has 0 unspecified atom stereocenters. The minimum absolute atomic E-state index is 0.104. The quantitative estimate of drug-likeness (QED) is 0.883. The van der Waals surface area contributed by atoms with Gasteiger partial charge in [-0.1, -0.05) is 24.3 Å². The Morgan fingerprint density at radius 2 is 1.75 bits per heavy atom. The predicted octanol–water partition coefficient (Wildman–Crippen LogP) is 2.66. The first-order chi connectivity index (χ1) is 11.4. The molecule has 3 rings (SSSR count). The summed E-state index contributed by atoms with van der Waals surface area (Å²) in [5.74, 6) is -0.808. The van der Waals surface area contributed by atoms with Crippen molar-refractivity contribution in [2.75, 3.05) is 0 Å². The number of hydrogen-bond acceptors (Lipinski definition) is 3. The van der Waals surface area contributed by atoms with E-state index in [0.29, 0.717) is 11.1 Å². The number of nitriles is 1. The van der Waals surface area contributed by atoms with Crippen LogP contribution < -0.4 is 5.32 Å². The summed E-state index contributed by atoms with van der Waals surface area (Å²) >= 11 is 0. The van der Waals surface area contributed by atoms with Gasteiger partial charge in [0.25, 0.3) is 5.91 Å². The summed E-state index contributed by atoms with van der Waals surface area (Å²) in [6, 6.07) is 13.7. The molecule has 1 heterocycles. The van der Waals surface area contributed by atoms with Crippen LogP contribution in [0.2, 0.25) is 0 Å². The lowest BCUT2D eigenvalue weighted by atomic mass is 9.92. The molecule has 5 nitrogen and oxygen atoms in total. The monoisotopic (exact) mass is 323 g/mol. The molecule has 120 valence electrons. The number of benzene rings is 2. The zero-order chi connectivity index (χ0) is 17.3. The maximum absolute atomic E-state index is 13.1. The Hall–Kier alpha value is -3.20. The second-order valence-corrected chi connectivity index (χ2v) is 5.76. The third kappa shape index (κ3) is 2.61. The number of carbonyl (C=O) groups excluding carboxylic acids is 2. The Labute approximate surface area is 138 Å². The van der Waals surface area contributed by atoms with Gasteiger partial charge >= 0.3 is 6.03 Å². The van der Waals surface area contributed by atoms with Crippen LogP contribution in [0, 0.1) is 17.1 Å². The number of urea groups is 1. The molecule has 1 atom stereocenters. The summed E-state index contributed by atoms with van der Waals surface area (Å²) in [7, 11) is 0. The highest BCUT2D eigenvalue weighted by molar-refractivity contribution is 6.07. The van der Waals surface area contributed by atoms with E-state index in [1.807, 2.05) is 6.07 Å². The molecule has 2 aromatic carbocycles. The largest absolute Gasteiger partial charge is 0.325 e. The van der Waals surface area contributed by atoms with Crippen LogP contribution in [0.4, 0.5) is 9.18 Å². The molecule has 1 saturated heterocycles. The molecule has 24 heavy (non-hydrogen) atoms. The van der Waals surface area contributed by atoms with Crippen molar-refractivity contribution in [3.63, 3.8) is 0 Å². The number of amides is 3. The van der Waals surface area contributed by atoms with Crippen molar-refractivity contribution in [2.45, 2.75) is 19.0 Å². The topological polar surface area (TPSA) is 73.2 Å². The minimum Gasteiger partial charge on any atom is -0.319 e. The van der Waals surface area contributed by atoms with E-state index in [-0.39, 0.29) is 6.54 Å².